The van der Waals surface area contributed by atoms with E-state index in [1.165, 1.54) is 0 Å². The Hall–Kier alpha value is -4.78. The van der Waals surface area contributed by atoms with Gasteiger partial charge in [-0.3, -0.25) is 9.59 Å². The number of rotatable bonds is 10. The van der Waals surface area contributed by atoms with Crippen molar-refractivity contribution in [1.82, 2.24) is 25.2 Å². The SMILES string of the molecule is CCCNC(=O)c1c(F)cc(F)cc1Nc1nc(Nc2cc3c(cc2OC)CCN3C(=O)CN(C)C)nc2[nH]ccc12. The first-order valence-electron chi connectivity index (χ1n) is 13.5. The van der Waals surface area contributed by atoms with E-state index >= 15 is 0 Å². The van der Waals surface area contributed by atoms with Gasteiger partial charge in [-0.05, 0) is 56.8 Å². The van der Waals surface area contributed by atoms with E-state index in [2.05, 4.69) is 30.9 Å². The van der Waals surface area contributed by atoms with Gasteiger partial charge in [-0.25, -0.2) is 8.78 Å². The average molecular weight is 579 g/mol. The molecule has 2 aromatic heterocycles. The lowest BCUT2D eigenvalue weighted by molar-refractivity contribution is -0.119. The number of carbonyl (C=O) groups is 2. The number of H-pyrrole nitrogens is 1. The first kappa shape index (κ1) is 28.7. The Balaban J connectivity index is 1.52. The van der Waals surface area contributed by atoms with Crippen molar-refractivity contribution in [3.05, 3.63) is 59.3 Å². The van der Waals surface area contributed by atoms with E-state index in [9.17, 15) is 18.4 Å². The Bertz CT molecular complexity index is 1660. The molecular formula is C29H32F2N8O3. The number of halogens is 2. The molecule has 0 radical (unpaired) electrons. The van der Waals surface area contributed by atoms with Crippen molar-refractivity contribution in [2.75, 3.05) is 56.4 Å². The summed E-state index contributed by atoms with van der Waals surface area (Å²) in [7, 11) is 5.23. The van der Waals surface area contributed by atoms with Crippen LogP contribution < -0.4 is 25.6 Å². The number of benzene rings is 2. The Morgan fingerprint density at radius 3 is 2.67 bits per heavy atom. The minimum atomic E-state index is -1.000. The van der Waals surface area contributed by atoms with Crippen LogP contribution in [0.2, 0.25) is 0 Å². The normalized spacial score (nSPS) is 12.5. The molecule has 13 heteroatoms. The highest BCUT2D eigenvalue weighted by Gasteiger charge is 2.27. The average Bonchev–Trinajstić information content (AvgIpc) is 3.57. The molecule has 0 fully saturated rings. The lowest BCUT2D eigenvalue weighted by Crippen LogP contribution is -2.36. The standard InChI is InChI=1S/C29H32F2N8O3/c1-5-8-33-28(41)25-19(31)12-17(30)13-21(25)34-27-18-6-9-32-26(18)36-29(37-27)35-20-14-22-16(11-23(20)42-4)7-10-39(22)24(40)15-38(2)3/h6,9,11-14H,5,7-8,10,15H2,1-4H3,(H,33,41)(H3,32,34,35,36,37). The minimum Gasteiger partial charge on any atom is -0.495 e. The molecule has 0 atom stereocenters. The zero-order valence-electron chi connectivity index (χ0n) is 23.8. The molecule has 0 bridgehead atoms. The van der Waals surface area contributed by atoms with Gasteiger partial charge in [0.1, 0.15) is 28.8 Å². The van der Waals surface area contributed by atoms with Gasteiger partial charge in [-0.1, -0.05) is 6.92 Å². The van der Waals surface area contributed by atoms with Crippen molar-refractivity contribution >= 4 is 51.7 Å². The quantitative estimate of drug-likeness (QED) is 0.219. The molecule has 1 aliphatic heterocycles. The van der Waals surface area contributed by atoms with E-state index in [0.29, 0.717) is 54.5 Å². The summed E-state index contributed by atoms with van der Waals surface area (Å²) in [4.78, 5) is 41.3. The van der Waals surface area contributed by atoms with Gasteiger partial charge in [0.2, 0.25) is 11.9 Å². The number of nitrogens with one attached hydrogen (secondary N) is 4. The lowest BCUT2D eigenvalue weighted by atomic mass is 10.1. The van der Waals surface area contributed by atoms with E-state index in [-0.39, 0.29) is 35.5 Å². The molecule has 4 aromatic rings. The first-order valence-corrected chi connectivity index (χ1v) is 13.5. The van der Waals surface area contributed by atoms with E-state index < -0.39 is 17.5 Å². The van der Waals surface area contributed by atoms with Crippen LogP contribution in [-0.2, 0) is 11.2 Å². The molecule has 0 saturated carbocycles. The number of ether oxygens (including phenoxy) is 1. The Labute approximate surface area is 241 Å². The fourth-order valence-electron chi connectivity index (χ4n) is 4.87. The van der Waals surface area contributed by atoms with Crippen LogP contribution in [0.1, 0.15) is 29.3 Å². The van der Waals surface area contributed by atoms with Crippen LogP contribution >= 0.6 is 0 Å². The highest BCUT2D eigenvalue weighted by Crippen LogP contribution is 2.39. The summed E-state index contributed by atoms with van der Waals surface area (Å²) >= 11 is 0. The zero-order chi connectivity index (χ0) is 30.0. The van der Waals surface area contributed by atoms with Gasteiger partial charge in [0.25, 0.3) is 5.91 Å². The van der Waals surface area contributed by atoms with Crippen LogP contribution in [0, 0.1) is 11.6 Å². The van der Waals surface area contributed by atoms with Crippen LogP contribution in [0.25, 0.3) is 11.0 Å². The summed E-state index contributed by atoms with van der Waals surface area (Å²) in [6.45, 7) is 3.04. The Kier molecular flexibility index (Phi) is 8.20. The Morgan fingerprint density at radius 1 is 1.12 bits per heavy atom. The number of nitrogens with zero attached hydrogens (tertiary/aromatic N) is 4. The third-order valence-corrected chi connectivity index (χ3v) is 6.78. The van der Waals surface area contributed by atoms with Gasteiger partial charge < -0.3 is 35.5 Å². The summed E-state index contributed by atoms with van der Waals surface area (Å²) in [5.41, 5.74) is 2.29. The number of likely N-dealkylation sites (N-methyl/N-ethyl adjacent to an activating group) is 1. The molecule has 4 N–H and O–H groups in total. The van der Waals surface area contributed by atoms with Crippen LogP contribution in [-0.4, -0.2) is 72.5 Å². The Morgan fingerprint density at radius 2 is 1.93 bits per heavy atom. The summed E-state index contributed by atoms with van der Waals surface area (Å²) in [6, 6.07) is 7.11. The predicted octanol–water partition coefficient (Wildman–Crippen LogP) is 4.32. The number of hydrogen-bond acceptors (Lipinski definition) is 8. The molecule has 0 saturated heterocycles. The van der Waals surface area contributed by atoms with Crippen LogP contribution in [0.3, 0.4) is 0 Å². The maximum absolute atomic E-state index is 14.8. The highest BCUT2D eigenvalue weighted by atomic mass is 19.1. The summed E-state index contributed by atoms with van der Waals surface area (Å²) in [5, 5.41) is 9.27. The summed E-state index contributed by atoms with van der Waals surface area (Å²) in [6.07, 6.45) is 3.00. The van der Waals surface area contributed by atoms with Crippen molar-refractivity contribution in [1.29, 1.82) is 0 Å². The van der Waals surface area contributed by atoms with Crippen molar-refractivity contribution < 1.29 is 23.1 Å². The maximum Gasteiger partial charge on any atom is 0.256 e. The smallest absolute Gasteiger partial charge is 0.256 e. The fourth-order valence-corrected chi connectivity index (χ4v) is 4.87. The topological polar surface area (TPSA) is 128 Å². The molecule has 0 spiro atoms. The third-order valence-electron chi connectivity index (χ3n) is 6.78. The monoisotopic (exact) mass is 578 g/mol. The molecule has 1 aliphatic rings. The number of aromatic nitrogens is 3. The molecule has 2 aromatic carbocycles. The number of aromatic amines is 1. The van der Waals surface area contributed by atoms with E-state index in [0.717, 1.165) is 17.3 Å². The van der Waals surface area contributed by atoms with Gasteiger partial charge in [-0.15, -0.1) is 0 Å². The number of fused-ring (bicyclic) bond motifs is 2. The van der Waals surface area contributed by atoms with Crippen molar-refractivity contribution in [2.45, 2.75) is 19.8 Å². The molecule has 42 heavy (non-hydrogen) atoms. The molecule has 2 amide bonds. The number of hydrogen-bond donors (Lipinski definition) is 4. The predicted molar refractivity (Wildman–Crippen MR) is 157 cm³/mol. The van der Waals surface area contributed by atoms with Crippen molar-refractivity contribution in [3.63, 3.8) is 0 Å². The van der Waals surface area contributed by atoms with Gasteiger partial charge in [-0.2, -0.15) is 9.97 Å². The van der Waals surface area contributed by atoms with Crippen LogP contribution in [0.4, 0.5) is 37.6 Å². The van der Waals surface area contributed by atoms with Crippen molar-refractivity contribution in [2.24, 2.45) is 0 Å². The molecule has 3 heterocycles. The molecule has 0 aliphatic carbocycles. The molecule has 5 rings (SSSR count). The number of amides is 2. The van der Waals surface area contributed by atoms with Gasteiger partial charge in [0.05, 0.1) is 36.0 Å². The molecule has 220 valence electrons. The van der Waals surface area contributed by atoms with Gasteiger partial charge in [0, 0.05) is 31.0 Å². The second kappa shape index (κ2) is 12.0. The van der Waals surface area contributed by atoms with Crippen LogP contribution in [0.5, 0.6) is 5.75 Å². The third kappa shape index (κ3) is 5.81. The van der Waals surface area contributed by atoms with E-state index in [1.807, 2.05) is 38.1 Å². The lowest BCUT2D eigenvalue weighted by Gasteiger charge is -2.21. The van der Waals surface area contributed by atoms with Gasteiger partial charge in [0.15, 0.2) is 0 Å². The summed E-state index contributed by atoms with van der Waals surface area (Å²) in [5.74, 6) is -1.67. The van der Waals surface area contributed by atoms with Crippen molar-refractivity contribution in [3.8, 4) is 5.75 Å². The second-order valence-corrected chi connectivity index (χ2v) is 10.2. The fraction of sp³-hybridized carbons (Fsp3) is 0.310. The molecular weight excluding hydrogens is 546 g/mol. The zero-order valence-corrected chi connectivity index (χ0v) is 23.8. The maximum atomic E-state index is 14.8. The minimum absolute atomic E-state index is 0.0217. The largest absolute Gasteiger partial charge is 0.495 e. The molecule has 11 nitrogen and oxygen atoms in total. The number of methoxy groups -OCH3 is 1. The second-order valence-electron chi connectivity index (χ2n) is 10.2. The van der Waals surface area contributed by atoms with Crippen LogP contribution in [0.15, 0.2) is 36.5 Å². The van der Waals surface area contributed by atoms with Gasteiger partial charge >= 0.3 is 0 Å². The summed E-state index contributed by atoms with van der Waals surface area (Å²) < 4.78 is 34.7. The number of carbonyl (C=O) groups excluding carboxylic acids is 2. The highest BCUT2D eigenvalue weighted by molar-refractivity contribution is 6.02. The number of anilines is 5. The molecule has 0 unspecified atom stereocenters. The van der Waals surface area contributed by atoms with E-state index in [4.69, 9.17) is 4.74 Å². The first-order chi connectivity index (χ1) is 20.2. The van der Waals surface area contributed by atoms with E-state index in [1.54, 1.807) is 24.3 Å².